The number of hydrogen-bond acceptors (Lipinski definition) is 5. The SMILES string of the molecule is CCOc1ccc(NS(=O)(=O)c2ccc(C)s2)c(C(=O)O)c1. The molecule has 8 heteroatoms. The monoisotopic (exact) mass is 341 g/mol. The van der Waals surface area contributed by atoms with E-state index in [1.165, 1.54) is 24.3 Å². The molecular weight excluding hydrogens is 326 g/mol. The van der Waals surface area contributed by atoms with Gasteiger partial charge in [0.15, 0.2) is 0 Å². The molecular formula is C14H15NO5S2. The number of aryl methyl sites for hydroxylation is 1. The van der Waals surface area contributed by atoms with Crippen LogP contribution in [0.2, 0.25) is 0 Å². The van der Waals surface area contributed by atoms with E-state index >= 15 is 0 Å². The lowest BCUT2D eigenvalue weighted by atomic mass is 10.2. The van der Waals surface area contributed by atoms with E-state index < -0.39 is 16.0 Å². The van der Waals surface area contributed by atoms with Gasteiger partial charge in [0.2, 0.25) is 0 Å². The molecule has 1 aromatic heterocycles. The average molecular weight is 341 g/mol. The lowest BCUT2D eigenvalue weighted by Gasteiger charge is -2.11. The third kappa shape index (κ3) is 3.58. The molecule has 22 heavy (non-hydrogen) atoms. The molecule has 0 unspecified atom stereocenters. The fourth-order valence-corrected chi connectivity index (χ4v) is 4.16. The van der Waals surface area contributed by atoms with Gasteiger partial charge in [-0.05, 0) is 44.2 Å². The van der Waals surface area contributed by atoms with E-state index in [0.717, 1.165) is 16.2 Å². The maximum absolute atomic E-state index is 12.3. The van der Waals surface area contributed by atoms with Crippen LogP contribution in [0.3, 0.4) is 0 Å². The van der Waals surface area contributed by atoms with E-state index in [9.17, 15) is 18.3 Å². The molecule has 2 N–H and O–H groups in total. The Kier molecular flexibility index (Phi) is 4.72. The van der Waals surface area contributed by atoms with Crippen molar-refractivity contribution in [1.82, 2.24) is 0 Å². The molecule has 0 amide bonds. The fourth-order valence-electron chi connectivity index (χ4n) is 1.80. The zero-order valence-electron chi connectivity index (χ0n) is 12.0. The lowest BCUT2D eigenvalue weighted by molar-refractivity contribution is 0.0697. The van der Waals surface area contributed by atoms with Gasteiger partial charge in [0, 0.05) is 4.88 Å². The standard InChI is InChI=1S/C14H15NO5S2/c1-3-20-10-5-6-12(11(8-10)14(16)17)15-22(18,19)13-7-4-9(2)21-13/h4-8,15H,3H2,1-2H3,(H,16,17). The maximum atomic E-state index is 12.3. The molecule has 0 bridgehead atoms. The molecule has 0 saturated carbocycles. The molecule has 0 atom stereocenters. The van der Waals surface area contributed by atoms with E-state index in [4.69, 9.17) is 4.74 Å². The number of rotatable bonds is 6. The number of nitrogens with one attached hydrogen (secondary N) is 1. The minimum atomic E-state index is -3.81. The number of aromatic carboxylic acids is 1. The summed E-state index contributed by atoms with van der Waals surface area (Å²) < 4.78 is 32.2. The Morgan fingerprint density at radius 3 is 2.59 bits per heavy atom. The van der Waals surface area contributed by atoms with Crippen LogP contribution >= 0.6 is 11.3 Å². The number of carbonyl (C=O) groups is 1. The van der Waals surface area contributed by atoms with Crippen molar-refractivity contribution in [3.05, 3.63) is 40.8 Å². The molecule has 0 saturated heterocycles. The minimum absolute atomic E-state index is 0.00186. The van der Waals surface area contributed by atoms with Crippen molar-refractivity contribution >= 4 is 33.0 Å². The first-order chi connectivity index (χ1) is 10.3. The highest BCUT2D eigenvalue weighted by Gasteiger charge is 2.20. The van der Waals surface area contributed by atoms with Gasteiger partial charge < -0.3 is 9.84 Å². The van der Waals surface area contributed by atoms with Gasteiger partial charge in [0.05, 0.1) is 17.9 Å². The molecule has 0 fully saturated rings. The van der Waals surface area contributed by atoms with Crippen LogP contribution in [0, 0.1) is 6.92 Å². The van der Waals surface area contributed by atoms with Crippen molar-refractivity contribution in [3.8, 4) is 5.75 Å². The highest BCUT2D eigenvalue weighted by atomic mass is 32.2. The Morgan fingerprint density at radius 2 is 2.05 bits per heavy atom. The zero-order valence-corrected chi connectivity index (χ0v) is 13.6. The number of carboxylic acid groups (broad SMARTS) is 1. The minimum Gasteiger partial charge on any atom is -0.494 e. The highest BCUT2D eigenvalue weighted by Crippen LogP contribution is 2.27. The first-order valence-corrected chi connectivity index (χ1v) is 8.73. The third-order valence-corrected chi connectivity index (χ3v) is 5.62. The smallest absolute Gasteiger partial charge is 0.337 e. The molecule has 118 valence electrons. The Labute approximate surface area is 132 Å². The molecule has 2 rings (SSSR count). The summed E-state index contributed by atoms with van der Waals surface area (Å²) in [6.45, 7) is 3.96. The third-order valence-electron chi connectivity index (χ3n) is 2.76. The van der Waals surface area contributed by atoms with Crippen LogP contribution in [-0.2, 0) is 10.0 Å². The van der Waals surface area contributed by atoms with Gasteiger partial charge >= 0.3 is 5.97 Å². The van der Waals surface area contributed by atoms with Crippen molar-refractivity contribution in [2.24, 2.45) is 0 Å². The summed E-state index contributed by atoms with van der Waals surface area (Å²) in [4.78, 5) is 12.2. The van der Waals surface area contributed by atoms with E-state index in [1.54, 1.807) is 19.9 Å². The summed E-state index contributed by atoms with van der Waals surface area (Å²) in [7, 11) is -3.81. The number of carboxylic acids is 1. The number of benzene rings is 1. The normalized spacial score (nSPS) is 11.2. The van der Waals surface area contributed by atoms with Crippen molar-refractivity contribution in [1.29, 1.82) is 0 Å². The number of sulfonamides is 1. The van der Waals surface area contributed by atoms with Crippen molar-refractivity contribution in [2.75, 3.05) is 11.3 Å². The summed E-state index contributed by atoms with van der Waals surface area (Å²) in [5.74, 6) is -0.864. The second-order valence-corrected chi connectivity index (χ2v) is 7.61. The Balaban J connectivity index is 2.38. The van der Waals surface area contributed by atoms with Crippen molar-refractivity contribution in [2.45, 2.75) is 18.1 Å². The summed E-state index contributed by atoms with van der Waals surface area (Å²) in [6.07, 6.45) is 0. The van der Waals surface area contributed by atoms with Crippen LogP contribution in [0.4, 0.5) is 5.69 Å². The van der Waals surface area contributed by atoms with Crippen LogP contribution in [0.1, 0.15) is 22.2 Å². The predicted molar refractivity (Wildman–Crippen MR) is 84.4 cm³/mol. The highest BCUT2D eigenvalue weighted by molar-refractivity contribution is 7.94. The van der Waals surface area contributed by atoms with E-state index in [-0.39, 0.29) is 15.5 Å². The lowest BCUT2D eigenvalue weighted by Crippen LogP contribution is -2.14. The Hall–Kier alpha value is -2.06. The quantitative estimate of drug-likeness (QED) is 0.842. The molecule has 1 aromatic carbocycles. The molecule has 0 spiro atoms. The van der Waals surface area contributed by atoms with Crippen LogP contribution < -0.4 is 9.46 Å². The van der Waals surface area contributed by atoms with Crippen molar-refractivity contribution in [3.63, 3.8) is 0 Å². The topological polar surface area (TPSA) is 92.7 Å². The van der Waals surface area contributed by atoms with Crippen LogP contribution in [0.15, 0.2) is 34.5 Å². The van der Waals surface area contributed by atoms with E-state index in [2.05, 4.69) is 4.72 Å². The maximum Gasteiger partial charge on any atom is 0.337 e. The summed E-state index contributed by atoms with van der Waals surface area (Å²) in [5.41, 5.74) is -0.162. The van der Waals surface area contributed by atoms with E-state index in [1.807, 2.05) is 0 Å². The molecule has 1 heterocycles. The summed E-state index contributed by atoms with van der Waals surface area (Å²) >= 11 is 1.12. The number of anilines is 1. The van der Waals surface area contributed by atoms with E-state index in [0.29, 0.717) is 12.4 Å². The van der Waals surface area contributed by atoms with Gasteiger partial charge in [-0.2, -0.15) is 0 Å². The number of hydrogen-bond donors (Lipinski definition) is 2. The first-order valence-electron chi connectivity index (χ1n) is 6.43. The molecule has 2 aromatic rings. The van der Waals surface area contributed by atoms with Crippen LogP contribution in [-0.4, -0.2) is 26.1 Å². The Morgan fingerprint density at radius 1 is 1.32 bits per heavy atom. The predicted octanol–water partition coefficient (Wildman–Crippen LogP) is 2.95. The zero-order chi connectivity index (χ0) is 16.3. The Bertz CT molecular complexity index is 795. The van der Waals surface area contributed by atoms with Crippen LogP contribution in [0.5, 0.6) is 5.75 Å². The fraction of sp³-hybridized carbons (Fsp3) is 0.214. The second-order valence-electron chi connectivity index (χ2n) is 4.42. The van der Waals surface area contributed by atoms with Gasteiger partial charge in [-0.15, -0.1) is 11.3 Å². The largest absolute Gasteiger partial charge is 0.494 e. The van der Waals surface area contributed by atoms with Crippen LogP contribution in [0.25, 0.3) is 0 Å². The summed E-state index contributed by atoms with van der Waals surface area (Å²) in [5, 5.41) is 9.24. The van der Waals surface area contributed by atoms with Gasteiger partial charge in [0.1, 0.15) is 9.96 Å². The summed E-state index contributed by atoms with van der Waals surface area (Å²) in [6, 6.07) is 7.37. The molecule has 0 aliphatic rings. The average Bonchev–Trinajstić information content (AvgIpc) is 2.88. The molecule has 6 nitrogen and oxygen atoms in total. The number of thiophene rings is 1. The second kappa shape index (κ2) is 6.37. The van der Waals surface area contributed by atoms with Gasteiger partial charge in [-0.25, -0.2) is 13.2 Å². The molecule has 0 radical (unpaired) electrons. The van der Waals surface area contributed by atoms with Gasteiger partial charge in [-0.3, -0.25) is 4.72 Å². The van der Waals surface area contributed by atoms with Crippen molar-refractivity contribution < 1.29 is 23.1 Å². The first kappa shape index (κ1) is 16.3. The van der Waals surface area contributed by atoms with Gasteiger partial charge in [-0.1, -0.05) is 0 Å². The molecule has 0 aliphatic carbocycles. The van der Waals surface area contributed by atoms with Gasteiger partial charge in [0.25, 0.3) is 10.0 Å². The number of ether oxygens (including phenoxy) is 1. The molecule has 0 aliphatic heterocycles.